The minimum Gasteiger partial charge on any atom is -0.393 e. The van der Waals surface area contributed by atoms with Gasteiger partial charge in [-0.05, 0) is 26.4 Å². The third-order valence-electron chi connectivity index (χ3n) is 3.98. The Hall–Kier alpha value is -0.190. The number of nitrogens with zero attached hydrogens (tertiary/aromatic N) is 2. The molecule has 0 aliphatic carbocycles. The monoisotopic (exact) mass is 257 g/mol. The lowest BCUT2D eigenvalue weighted by Gasteiger charge is -2.40. The van der Waals surface area contributed by atoms with Gasteiger partial charge in [-0.25, -0.2) is 0 Å². The van der Waals surface area contributed by atoms with Crippen LogP contribution in [0.2, 0.25) is 0 Å². The molecule has 0 amide bonds. The topological polar surface area (TPSA) is 32.5 Å². The van der Waals surface area contributed by atoms with Gasteiger partial charge in [0, 0.05) is 31.1 Å². The molecule has 0 spiro atoms. The van der Waals surface area contributed by atoms with E-state index in [1.807, 2.05) is 0 Å². The van der Waals surface area contributed by atoms with E-state index in [2.05, 4.69) is 37.5 Å². The molecule has 1 aliphatic heterocycles. The average Bonchev–Trinajstić information content (AvgIpc) is 2.26. The molecule has 0 aromatic carbocycles. The quantitative estimate of drug-likeness (QED) is 0.760. The number of hydrogen-bond acceptors (Lipinski definition) is 3. The number of hydrogen-bond donors (Lipinski definition) is 1. The molecule has 0 aromatic heterocycles. The van der Waals surface area contributed by atoms with Crippen molar-refractivity contribution in [3.63, 3.8) is 0 Å². The Labute approximate surface area is 111 Å². The van der Waals surface area contributed by atoms with Gasteiger partial charge in [-0.3, -0.25) is 4.90 Å². The molecule has 2 N–H and O–H groups in total. The SMILES string of the molecule is CCN1CCN(CCC(C)(C)C(N)=S)CC1C. The summed E-state index contributed by atoms with van der Waals surface area (Å²) in [6.07, 6.45) is 1.06. The van der Waals surface area contributed by atoms with Crippen LogP contribution in [0.3, 0.4) is 0 Å². The van der Waals surface area contributed by atoms with E-state index in [9.17, 15) is 0 Å². The summed E-state index contributed by atoms with van der Waals surface area (Å²) in [5.41, 5.74) is 5.75. The first-order valence-electron chi connectivity index (χ1n) is 6.63. The molecule has 0 saturated carbocycles. The fourth-order valence-corrected chi connectivity index (χ4v) is 2.41. The minimum absolute atomic E-state index is 0.0134. The van der Waals surface area contributed by atoms with Crippen LogP contribution < -0.4 is 5.73 Å². The van der Waals surface area contributed by atoms with Crippen LogP contribution in [0.15, 0.2) is 0 Å². The van der Waals surface area contributed by atoms with E-state index in [0.717, 1.165) is 19.5 Å². The summed E-state index contributed by atoms with van der Waals surface area (Å²) < 4.78 is 0. The van der Waals surface area contributed by atoms with Crippen molar-refractivity contribution in [1.29, 1.82) is 0 Å². The van der Waals surface area contributed by atoms with Gasteiger partial charge in [0.05, 0.1) is 4.99 Å². The van der Waals surface area contributed by atoms with Crippen molar-refractivity contribution >= 4 is 17.2 Å². The highest BCUT2D eigenvalue weighted by Gasteiger charge is 2.26. The lowest BCUT2D eigenvalue weighted by atomic mass is 9.89. The maximum absolute atomic E-state index is 5.76. The number of thiocarbonyl (C=S) groups is 1. The first-order chi connectivity index (χ1) is 7.86. The minimum atomic E-state index is -0.0134. The third-order valence-corrected chi connectivity index (χ3v) is 4.53. The fraction of sp³-hybridized carbons (Fsp3) is 0.923. The molecular weight excluding hydrogens is 230 g/mol. The second kappa shape index (κ2) is 6.12. The van der Waals surface area contributed by atoms with Crippen LogP contribution in [0.25, 0.3) is 0 Å². The van der Waals surface area contributed by atoms with Crippen LogP contribution >= 0.6 is 12.2 Å². The highest BCUT2D eigenvalue weighted by molar-refractivity contribution is 7.80. The molecule has 1 atom stereocenters. The van der Waals surface area contributed by atoms with Crippen LogP contribution in [-0.4, -0.2) is 53.6 Å². The number of nitrogens with two attached hydrogens (primary N) is 1. The number of likely N-dealkylation sites (N-methyl/N-ethyl adjacent to an activating group) is 1. The van der Waals surface area contributed by atoms with E-state index in [0.29, 0.717) is 11.0 Å². The maximum Gasteiger partial charge on any atom is 0.0784 e. The van der Waals surface area contributed by atoms with E-state index >= 15 is 0 Å². The molecule has 1 heterocycles. The van der Waals surface area contributed by atoms with E-state index in [-0.39, 0.29) is 5.41 Å². The normalized spacial score (nSPS) is 23.9. The first kappa shape index (κ1) is 14.9. The zero-order valence-electron chi connectivity index (χ0n) is 11.7. The van der Waals surface area contributed by atoms with Crippen molar-refractivity contribution in [2.24, 2.45) is 11.1 Å². The average molecular weight is 257 g/mol. The van der Waals surface area contributed by atoms with Crippen LogP contribution in [0.5, 0.6) is 0 Å². The predicted octanol–water partition coefficient (Wildman–Crippen LogP) is 1.71. The summed E-state index contributed by atoms with van der Waals surface area (Å²) >= 11 is 5.11. The smallest absolute Gasteiger partial charge is 0.0784 e. The summed E-state index contributed by atoms with van der Waals surface area (Å²) in [4.78, 5) is 5.71. The zero-order valence-corrected chi connectivity index (χ0v) is 12.5. The molecule has 3 nitrogen and oxygen atoms in total. The van der Waals surface area contributed by atoms with Crippen molar-refractivity contribution < 1.29 is 0 Å². The molecule has 1 aliphatic rings. The predicted molar refractivity (Wildman–Crippen MR) is 78.3 cm³/mol. The number of piperazine rings is 1. The molecule has 1 rings (SSSR count). The van der Waals surface area contributed by atoms with Crippen LogP contribution in [-0.2, 0) is 0 Å². The van der Waals surface area contributed by atoms with Gasteiger partial charge >= 0.3 is 0 Å². The Kier molecular flexibility index (Phi) is 5.35. The van der Waals surface area contributed by atoms with Gasteiger partial charge in [-0.15, -0.1) is 0 Å². The molecule has 17 heavy (non-hydrogen) atoms. The van der Waals surface area contributed by atoms with E-state index in [1.165, 1.54) is 19.6 Å². The molecule has 0 aromatic rings. The van der Waals surface area contributed by atoms with Gasteiger partial charge < -0.3 is 10.6 Å². The summed E-state index contributed by atoms with van der Waals surface area (Å²) in [6, 6.07) is 0.668. The summed E-state index contributed by atoms with van der Waals surface area (Å²) in [7, 11) is 0. The molecule has 100 valence electrons. The van der Waals surface area contributed by atoms with Crippen molar-refractivity contribution in [2.75, 3.05) is 32.7 Å². The van der Waals surface area contributed by atoms with E-state index in [1.54, 1.807) is 0 Å². The van der Waals surface area contributed by atoms with Crippen LogP contribution in [0.1, 0.15) is 34.1 Å². The third kappa shape index (κ3) is 4.19. The second-order valence-corrected chi connectivity index (χ2v) is 6.22. The largest absolute Gasteiger partial charge is 0.393 e. The van der Waals surface area contributed by atoms with E-state index < -0.39 is 0 Å². The molecular formula is C13H27N3S. The molecule has 1 fully saturated rings. The zero-order chi connectivity index (χ0) is 13.1. The Morgan fingerprint density at radius 1 is 1.41 bits per heavy atom. The Morgan fingerprint density at radius 3 is 2.53 bits per heavy atom. The Morgan fingerprint density at radius 2 is 2.06 bits per heavy atom. The molecule has 0 bridgehead atoms. The van der Waals surface area contributed by atoms with Gasteiger partial charge in [-0.2, -0.15) is 0 Å². The summed E-state index contributed by atoms with van der Waals surface area (Å²) in [6.45, 7) is 14.6. The van der Waals surface area contributed by atoms with Crippen molar-refractivity contribution in [2.45, 2.75) is 40.2 Å². The lowest BCUT2D eigenvalue weighted by Crippen LogP contribution is -2.52. The molecule has 4 heteroatoms. The van der Waals surface area contributed by atoms with Crippen LogP contribution in [0.4, 0.5) is 0 Å². The van der Waals surface area contributed by atoms with Gasteiger partial charge in [0.15, 0.2) is 0 Å². The molecule has 1 saturated heterocycles. The highest BCUT2D eigenvalue weighted by Crippen LogP contribution is 2.21. The maximum atomic E-state index is 5.76. The van der Waals surface area contributed by atoms with Gasteiger partial charge in [-0.1, -0.05) is 33.0 Å². The van der Waals surface area contributed by atoms with Crippen molar-refractivity contribution in [1.82, 2.24) is 9.80 Å². The van der Waals surface area contributed by atoms with Crippen molar-refractivity contribution in [3.8, 4) is 0 Å². The molecule has 0 radical (unpaired) electrons. The van der Waals surface area contributed by atoms with E-state index in [4.69, 9.17) is 18.0 Å². The first-order valence-corrected chi connectivity index (χ1v) is 7.04. The highest BCUT2D eigenvalue weighted by atomic mass is 32.1. The van der Waals surface area contributed by atoms with Gasteiger partial charge in [0.2, 0.25) is 0 Å². The van der Waals surface area contributed by atoms with Gasteiger partial charge in [0.25, 0.3) is 0 Å². The Balaban J connectivity index is 2.37. The Bertz CT molecular complexity index is 265. The second-order valence-electron chi connectivity index (χ2n) is 5.78. The number of rotatable bonds is 5. The summed E-state index contributed by atoms with van der Waals surface area (Å²) in [5.74, 6) is 0. The standard InChI is InChI=1S/C13H27N3S/c1-5-16-9-8-15(10-11(16)2)7-6-13(3,4)12(14)17/h11H,5-10H2,1-4H3,(H2,14,17). The van der Waals surface area contributed by atoms with Gasteiger partial charge in [0.1, 0.15) is 0 Å². The van der Waals surface area contributed by atoms with Crippen LogP contribution in [0, 0.1) is 5.41 Å². The fourth-order valence-electron chi connectivity index (χ4n) is 2.30. The lowest BCUT2D eigenvalue weighted by molar-refractivity contribution is 0.0831. The summed E-state index contributed by atoms with van der Waals surface area (Å²) in [5, 5.41) is 0. The van der Waals surface area contributed by atoms with Crippen molar-refractivity contribution in [3.05, 3.63) is 0 Å². The molecule has 1 unspecified atom stereocenters.